The molecular weight excluding hydrogens is 313 g/mol. The maximum Gasteiger partial charge on any atom is 0.226 e. The Kier molecular flexibility index (Phi) is 5.48. The molecule has 0 saturated heterocycles. The van der Waals surface area contributed by atoms with Crippen LogP contribution in [0.3, 0.4) is 0 Å². The van der Waals surface area contributed by atoms with Gasteiger partial charge in [0.15, 0.2) is 23.0 Å². The number of anilines is 1. The van der Waals surface area contributed by atoms with Crippen molar-refractivity contribution in [2.75, 3.05) is 12.4 Å². The van der Waals surface area contributed by atoms with E-state index < -0.39 is 5.82 Å². The van der Waals surface area contributed by atoms with Gasteiger partial charge in [0, 0.05) is 6.42 Å². The van der Waals surface area contributed by atoms with Crippen LogP contribution < -0.4 is 10.1 Å². The van der Waals surface area contributed by atoms with Gasteiger partial charge in [-0.3, -0.25) is 10.1 Å². The second kappa shape index (κ2) is 7.75. The number of methoxy groups -OCH3 is 1. The third kappa shape index (κ3) is 4.08. The summed E-state index contributed by atoms with van der Waals surface area (Å²) in [7, 11) is 1.40. The van der Waals surface area contributed by atoms with Crippen LogP contribution in [0.15, 0.2) is 18.2 Å². The summed E-state index contributed by atoms with van der Waals surface area (Å²) in [6.07, 6.45) is 1.23. The average molecular weight is 327 g/mol. The number of H-pyrrole nitrogens is 1. The average Bonchev–Trinajstić information content (AvgIpc) is 2.97. The van der Waals surface area contributed by atoms with Crippen molar-refractivity contribution in [2.24, 2.45) is 0 Å². The lowest BCUT2D eigenvalue weighted by Crippen LogP contribution is -2.12. The SMILES string of the molecule is COc1ccc(CCCC(=O)Nc2nc(C#N)c(C#N)[nH]2)cc1F. The number of hydrogen-bond acceptors (Lipinski definition) is 5. The molecule has 2 aromatic rings. The molecule has 1 amide bonds. The molecule has 8 heteroatoms. The van der Waals surface area contributed by atoms with Gasteiger partial charge < -0.3 is 9.72 Å². The van der Waals surface area contributed by atoms with E-state index in [1.54, 1.807) is 24.3 Å². The van der Waals surface area contributed by atoms with Crippen molar-refractivity contribution >= 4 is 11.9 Å². The van der Waals surface area contributed by atoms with Crippen LogP contribution in [0.4, 0.5) is 10.3 Å². The maximum absolute atomic E-state index is 13.6. The number of aromatic amines is 1. The molecular formula is C16H14FN5O2. The third-order valence-electron chi connectivity index (χ3n) is 3.26. The van der Waals surface area contributed by atoms with Crippen LogP contribution in [0, 0.1) is 28.5 Å². The number of benzene rings is 1. The van der Waals surface area contributed by atoms with Gasteiger partial charge in [0.25, 0.3) is 0 Å². The molecule has 0 atom stereocenters. The Morgan fingerprint density at radius 3 is 2.79 bits per heavy atom. The highest BCUT2D eigenvalue weighted by atomic mass is 19.1. The molecule has 1 aromatic heterocycles. The first-order valence-electron chi connectivity index (χ1n) is 7.10. The predicted octanol–water partition coefficient (Wildman–Crippen LogP) is 2.26. The summed E-state index contributed by atoms with van der Waals surface area (Å²) in [5, 5.41) is 20.1. The summed E-state index contributed by atoms with van der Waals surface area (Å²) in [5.41, 5.74) is 0.695. The fourth-order valence-electron chi connectivity index (χ4n) is 2.11. The molecule has 0 radical (unpaired) electrons. The Morgan fingerprint density at radius 1 is 1.42 bits per heavy atom. The zero-order valence-corrected chi connectivity index (χ0v) is 12.9. The molecule has 24 heavy (non-hydrogen) atoms. The Hall–Kier alpha value is -3.39. The van der Waals surface area contributed by atoms with E-state index in [1.165, 1.54) is 13.2 Å². The number of halogens is 1. The summed E-state index contributed by atoms with van der Waals surface area (Å²) >= 11 is 0. The van der Waals surface area contributed by atoms with Crippen molar-refractivity contribution in [1.82, 2.24) is 9.97 Å². The van der Waals surface area contributed by atoms with E-state index in [9.17, 15) is 9.18 Å². The number of nitriles is 2. The number of carbonyl (C=O) groups is 1. The normalized spacial score (nSPS) is 9.83. The molecule has 2 N–H and O–H groups in total. The van der Waals surface area contributed by atoms with E-state index in [-0.39, 0.29) is 35.4 Å². The zero-order valence-electron chi connectivity index (χ0n) is 12.9. The minimum Gasteiger partial charge on any atom is -0.494 e. The van der Waals surface area contributed by atoms with Gasteiger partial charge in [-0.15, -0.1) is 0 Å². The number of nitrogens with zero attached hydrogens (tertiary/aromatic N) is 3. The number of ether oxygens (including phenoxy) is 1. The number of carbonyl (C=O) groups excluding carboxylic acids is 1. The molecule has 0 bridgehead atoms. The monoisotopic (exact) mass is 327 g/mol. The summed E-state index contributed by atoms with van der Waals surface area (Å²) in [6, 6.07) is 8.20. The topological polar surface area (TPSA) is 115 Å². The maximum atomic E-state index is 13.6. The lowest BCUT2D eigenvalue weighted by Gasteiger charge is -2.05. The minimum absolute atomic E-state index is 0.00140. The van der Waals surface area contributed by atoms with Gasteiger partial charge in [-0.05, 0) is 30.5 Å². The van der Waals surface area contributed by atoms with Crippen LogP contribution in [-0.4, -0.2) is 23.0 Å². The largest absolute Gasteiger partial charge is 0.494 e. The number of hydrogen-bond donors (Lipinski definition) is 2. The Morgan fingerprint density at radius 2 is 2.21 bits per heavy atom. The van der Waals surface area contributed by atoms with Gasteiger partial charge in [-0.1, -0.05) is 6.07 Å². The second-order valence-electron chi connectivity index (χ2n) is 4.90. The Bertz CT molecular complexity index is 800. The van der Waals surface area contributed by atoms with Crippen LogP contribution in [-0.2, 0) is 11.2 Å². The van der Waals surface area contributed by atoms with Crippen molar-refractivity contribution in [3.8, 4) is 17.9 Å². The first kappa shape index (κ1) is 17.0. The van der Waals surface area contributed by atoms with Gasteiger partial charge in [-0.25, -0.2) is 9.37 Å². The highest BCUT2D eigenvalue weighted by molar-refractivity contribution is 5.89. The number of amides is 1. The van der Waals surface area contributed by atoms with E-state index in [0.717, 1.165) is 5.56 Å². The summed E-state index contributed by atoms with van der Waals surface area (Å²) in [6.45, 7) is 0. The van der Waals surface area contributed by atoms with Gasteiger partial charge >= 0.3 is 0 Å². The van der Waals surface area contributed by atoms with Gasteiger partial charge in [0.05, 0.1) is 7.11 Å². The fraction of sp³-hybridized carbons (Fsp3) is 0.250. The molecule has 0 spiro atoms. The highest BCUT2D eigenvalue weighted by Crippen LogP contribution is 2.19. The predicted molar refractivity (Wildman–Crippen MR) is 82.5 cm³/mol. The first-order valence-corrected chi connectivity index (χ1v) is 7.10. The highest BCUT2D eigenvalue weighted by Gasteiger charge is 2.11. The molecule has 1 heterocycles. The van der Waals surface area contributed by atoms with Crippen LogP contribution in [0.2, 0.25) is 0 Å². The number of aryl methyl sites for hydroxylation is 1. The quantitative estimate of drug-likeness (QED) is 0.844. The molecule has 0 fully saturated rings. The summed E-state index contributed by atoms with van der Waals surface area (Å²) in [4.78, 5) is 18.2. The van der Waals surface area contributed by atoms with Gasteiger partial charge in [-0.2, -0.15) is 10.5 Å². The van der Waals surface area contributed by atoms with E-state index in [4.69, 9.17) is 15.3 Å². The van der Waals surface area contributed by atoms with Crippen molar-refractivity contribution < 1.29 is 13.9 Å². The Labute approximate surface area is 137 Å². The van der Waals surface area contributed by atoms with Crippen molar-refractivity contribution in [3.63, 3.8) is 0 Å². The lowest BCUT2D eigenvalue weighted by molar-refractivity contribution is -0.116. The molecule has 0 unspecified atom stereocenters. The van der Waals surface area contributed by atoms with Crippen molar-refractivity contribution in [3.05, 3.63) is 41.0 Å². The molecule has 1 aromatic carbocycles. The van der Waals surface area contributed by atoms with Gasteiger partial charge in [0.1, 0.15) is 12.1 Å². The minimum atomic E-state index is -0.442. The molecule has 0 aliphatic rings. The van der Waals surface area contributed by atoms with Crippen LogP contribution in [0.25, 0.3) is 0 Å². The van der Waals surface area contributed by atoms with E-state index in [0.29, 0.717) is 12.8 Å². The molecule has 0 aliphatic heterocycles. The molecule has 0 aliphatic carbocycles. The molecule has 122 valence electrons. The smallest absolute Gasteiger partial charge is 0.226 e. The number of nitrogens with one attached hydrogen (secondary N) is 2. The third-order valence-corrected chi connectivity index (χ3v) is 3.26. The van der Waals surface area contributed by atoms with Crippen LogP contribution in [0.1, 0.15) is 29.8 Å². The van der Waals surface area contributed by atoms with Crippen LogP contribution in [0.5, 0.6) is 5.75 Å². The van der Waals surface area contributed by atoms with E-state index in [1.807, 2.05) is 0 Å². The van der Waals surface area contributed by atoms with Crippen molar-refractivity contribution in [2.45, 2.75) is 19.3 Å². The fourth-order valence-corrected chi connectivity index (χ4v) is 2.11. The van der Waals surface area contributed by atoms with Crippen LogP contribution >= 0.6 is 0 Å². The standard InChI is InChI=1S/C16H14FN5O2/c1-24-14-6-5-10(7-11(14)17)3-2-4-15(23)22-16-20-12(8-18)13(9-19)21-16/h5-7H,2-4H2,1H3,(H2,20,21,22,23). The number of imidazole rings is 1. The number of rotatable bonds is 6. The van der Waals surface area contributed by atoms with E-state index in [2.05, 4.69) is 15.3 Å². The zero-order chi connectivity index (χ0) is 17.5. The van der Waals surface area contributed by atoms with Gasteiger partial charge in [0.2, 0.25) is 11.9 Å². The summed E-state index contributed by atoms with van der Waals surface area (Å²) < 4.78 is 18.4. The summed E-state index contributed by atoms with van der Waals surface area (Å²) in [5.74, 6) is -0.519. The van der Waals surface area contributed by atoms with E-state index >= 15 is 0 Å². The molecule has 0 saturated carbocycles. The second-order valence-corrected chi connectivity index (χ2v) is 4.90. The lowest BCUT2D eigenvalue weighted by atomic mass is 10.1. The molecule has 7 nitrogen and oxygen atoms in total. The van der Waals surface area contributed by atoms with Crippen molar-refractivity contribution in [1.29, 1.82) is 10.5 Å². The first-order chi connectivity index (χ1) is 11.6. The Balaban J connectivity index is 1.86. The number of aromatic nitrogens is 2. The molecule has 2 rings (SSSR count).